The number of rotatable bonds is 7. The van der Waals surface area contributed by atoms with E-state index in [0.717, 1.165) is 24.9 Å². The summed E-state index contributed by atoms with van der Waals surface area (Å²) in [5.41, 5.74) is 10.9. The molecule has 104 valence electrons. The molecular weight excluding hydrogens is 256 g/mol. The Kier molecular flexibility index (Phi) is 5.11. The van der Waals surface area contributed by atoms with E-state index in [9.17, 15) is 0 Å². The van der Waals surface area contributed by atoms with Crippen LogP contribution < -0.4 is 0 Å². The molecule has 0 atom stereocenters. The van der Waals surface area contributed by atoms with Crippen molar-refractivity contribution < 1.29 is 5.11 Å². The van der Waals surface area contributed by atoms with E-state index >= 15 is 0 Å². The van der Waals surface area contributed by atoms with Crippen LogP contribution >= 0.6 is 0 Å². The van der Waals surface area contributed by atoms with Crippen LogP contribution in [0.25, 0.3) is 16.1 Å². The summed E-state index contributed by atoms with van der Waals surface area (Å²) >= 11 is 0. The third kappa shape index (κ3) is 3.81. The highest BCUT2D eigenvalue weighted by molar-refractivity contribution is 5.33. The lowest BCUT2D eigenvalue weighted by Crippen LogP contribution is -1.95. The number of hydrogen-bond donors (Lipinski definition) is 1. The zero-order chi connectivity index (χ0) is 14.2. The minimum Gasteiger partial charge on any atom is -0.390 e. The van der Waals surface area contributed by atoms with E-state index in [1.807, 2.05) is 24.3 Å². The van der Waals surface area contributed by atoms with Gasteiger partial charge >= 0.3 is 0 Å². The number of aromatic nitrogens is 3. The fraction of sp³-hybridized carbons (Fsp3) is 0.385. The molecule has 0 fully saturated rings. The molecule has 7 heteroatoms. The molecule has 2 rings (SSSR count). The molecule has 1 heterocycles. The molecule has 1 aromatic heterocycles. The van der Waals surface area contributed by atoms with Crippen molar-refractivity contribution in [2.45, 2.75) is 25.9 Å². The van der Waals surface area contributed by atoms with Gasteiger partial charge in [0.2, 0.25) is 0 Å². The Morgan fingerprint density at radius 3 is 2.70 bits per heavy atom. The second-order valence-electron chi connectivity index (χ2n) is 4.39. The van der Waals surface area contributed by atoms with E-state index in [1.165, 1.54) is 5.56 Å². The van der Waals surface area contributed by atoms with Crippen molar-refractivity contribution in [2.24, 2.45) is 5.11 Å². The van der Waals surface area contributed by atoms with Crippen LogP contribution in [0.15, 0.2) is 35.6 Å². The van der Waals surface area contributed by atoms with E-state index in [0.29, 0.717) is 12.2 Å². The SMILES string of the molecule is [N-]=[N+]=NCCCCc1ccc(-n2cc(CO)nn2)cc1. The van der Waals surface area contributed by atoms with Crippen LogP contribution in [0.1, 0.15) is 24.1 Å². The molecular formula is C13H16N6O. The van der Waals surface area contributed by atoms with Crippen LogP contribution in [0.3, 0.4) is 0 Å². The molecule has 0 aliphatic carbocycles. The van der Waals surface area contributed by atoms with Gasteiger partial charge in [0.25, 0.3) is 0 Å². The number of azide groups is 1. The van der Waals surface area contributed by atoms with Crippen LogP contribution in [0.2, 0.25) is 0 Å². The van der Waals surface area contributed by atoms with Gasteiger partial charge in [-0.25, -0.2) is 4.68 Å². The number of hydrogen-bond acceptors (Lipinski definition) is 4. The Hall–Kier alpha value is -2.37. The summed E-state index contributed by atoms with van der Waals surface area (Å²) in [6.45, 7) is 0.445. The monoisotopic (exact) mass is 272 g/mol. The summed E-state index contributed by atoms with van der Waals surface area (Å²) in [6, 6.07) is 8.03. The molecule has 0 spiro atoms. The predicted octanol–water partition coefficient (Wildman–Crippen LogP) is 2.39. The number of unbranched alkanes of at least 4 members (excludes halogenated alkanes) is 1. The highest BCUT2D eigenvalue weighted by Crippen LogP contribution is 2.11. The van der Waals surface area contributed by atoms with Gasteiger partial charge in [-0.15, -0.1) is 5.10 Å². The molecule has 20 heavy (non-hydrogen) atoms. The van der Waals surface area contributed by atoms with E-state index < -0.39 is 0 Å². The van der Waals surface area contributed by atoms with Gasteiger partial charge in [0, 0.05) is 11.5 Å². The van der Waals surface area contributed by atoms with Crippen molar-refractivity contribution in [3.8, 4) is 5.69 Å². The number of benzene rings is 1. The van der Waals surface area contributed by atoms with E-state index in [2.05, 4.69) is 20.3 Å². The number of aliphatic hydroxyl groups is 1. The minimum absolute atomic E-state index is 0.108. The van der Waals surface area contributed by atoms with E-state index in [-0.39, 0.29) is 6.61 Å². The lowest BCUT2D eigenvalue weighted by molar-refractivity contribution is 0.276. The molecule has 0 radical (unpaired) electrons. The smallest absolute Gasteiger partial charge is 0.109 e. The quantitative estimate of drug-likeness (QED) is 0.362. The standard InChI is InChI=1S/C13H16N6O/c14-17-15-8-2-1-3-11-4-6-13(7-5-11)19-9-12(10-20)16-18-19/h4-7,9,20H,1-3,8,10H2. The molecule has 0 bridgehead atoms. The molecule has 0 aliphatic rings. The summed E-state index contributed by atoms with van der Waals surface area (Å²) < 4.78 is 1.64. The van der Waals surface area contributed by atoms with Crippen LogP contribution in [0, 0.1) is 0 Å². The van der Waals surface area contributed by atoms with Gasteiger partial charge in [0.05, 0.1) is 18.5 Å². The molecule has 2 aromatic rings. The number of aliphatic hydroxyl groups excluding tert-OH is 1. The summed E-state index contributed by atoms with van der Waals surface area (Å²) in [5.74, 6) is 0. The molecule has 0 aliphatic heterocycles. The first-order valence-electron chi connectivity index (χ1n) is 6.46. The second-order valence-corrected chi connectivity index (χ2v) is 4.39. The third-order valence-electron chi connectivity index (χ3n) is 2.94. The van der Waals surface area contributed by atoms with Crippen LogP contribution in [-0.2, 0) is 13.0 Å². The molecule has 0 saturated carbocycles. The lowest BCUT2D eigenvalue weighted by Gasteiger charge is -2.03. The first-order valence-corrected chi connectivity index (χ1v) is 6.46. The Balaban J connectivity index is 1.90. The average Bonchev–Trinajstić information content (AvgIpc) is 2.97. The van der Waals surface area contributed by atoms with Crippen molar-refractivity contribution >= 4 is 0 Å². The van der Waals surface area contributed by atoms with Crippen LogP contribution in [0.4, 0.5) is 0 Å². The Bertz CT molecular complexity index is 585. The topological polar surface area (TPSA) is 99.7 Å². The molecule has 7 nitrogen and oxygen atoms in total. The Morgan fingerprint density at radius 2 is 2.05 bits per heavy atom. The molecule has 0 amide bonds. The zero-order valence-corrected chi connectivity index (χ0v) is 11.1. The van der Waals surface area contributed by atoms with Crippen molar-refractivity contribution in [1.82, 2.24) is 15.0 Å². The van der Waals surface area contributed by atoms with E-state index in [4.69, 9.17) is 10.6 Å². The van der Waals surface area contributed by atoms with Gasteiger partial charge in [-0.05, 0) is 42.5 Å². The Labute approximate surface area is 116 Å². The molecule has 1 N–H and O–H groups in total. The molecule has 1 aromatic carbocycles. The van der Waals surface area contributed by atoms with Crippen molar-refractivity contribution in [3.63, 3.8) is 0 Å². The second kappa shape index (κ2) is 7.28. The summed E-state index contributed by atoms with van der Waals surface area (Å²) in [6.07, 6.45) is 4.56. The van der Waals surface area contributed by atoms with Gasteiger partial charge < -0.3 is 5.11 Å². The molecule has 0 unspecified atom stereocenters. The lowest BCUT2D eigenvalue weighted by atomic mass is 10.1. The van der Waals surface area contributed by atoms with Gasteiger partial charge in [0.15, 0.2) is 0 Å². The first kappa shape index (κ1) is 14.0. The van der Waals surface area contributed by atoms with Crippen molar-refractivity contribution in [2.75, 3.05) is 6.54 Å². The first-order chi connectivity index (χ1) is 9.83. The van der Waals surface area contributed by atoms with E-state index in [1.54, 1.807) is 10.9 Å². The van der Waals surface area contributed by atoms with Crippen molar-refractivity contribution in [1.29, 1.82) is 0 Å². The minimum atomic E-state index is -0.108. The summed E-state index contributed by atoms with van der Waals surface area (Å²) in [4.78, 5) is 2.73. The summed E-state index contributed by atoms with van der Waals surface area (Å²) in [7, 11) is 0. The zero-order valence-electron chi connectivity index (χ0n) is 11.1. The van der Waals surface area contributed by atoms with Gasteiger partial charge in [-0.1, -0.05) is 22.5 Å². The predicted molar refractivity (Wildman–Crippen MR) is 74.2 cm³/mol. The normalized spacial score (nSPS) is 10.2. The van der Waals surface area contributed by atoms with Crippen molar-refractivity contribution in [3.05, 3.63) is 52.2 Å². The maximum atomic E-state index is 8.95. The maximum Gasteiger partial charge on any atom is 0.109 e. The van der Waals surface area contributed by atoms with Crippen LogP contribution in [-0.4, -0.2) is 26.6 Å². The van der Waals surface area contributed by atoms with Gasteiger partial charge in [0.1, 0.15) is 5.69 Å². The average molecular weight is 272 g/mol. The fourth-order valence-corrected chi connectivity index (χ4v) is 1.87. The summed E-state index contributed by atoms with van der Waals surface area (Å²) in [5, 5.41) is 20.2. The van der Waals surface area contributed by atoms with Crippen LogP contribution in [0.5, 0.6) is 0 Å². The highest BCUT2D eigenvalue weighted by atomic mass is 16.3. The number of nitrogens with zero attached hydrogens (tertiary/aromatic N) is 6. The third-order valence-corrected chi connectivity index (χ3v) is 2.94. The highest BCUT2D eigenvalue weighted by Gasteiger charge is 2.01. The van der Waals surface area contributed by atoms with Gasteiger partial charge in [-0.3, -0.25) is 0 Å². The largest absolute Gasteiger partial charge is 0.390 e. The van der Waals surface area contributed by atoms with Gasteiger partial charge in [-0.2, -0.15) is 0 Å². The number of aryl methyl sites for hydroxylation is 1. The Morgan fingerprint density at radius 1 is 1.25 bits per heavy atom. The maximum absolute atomic E-state index is 8.95. The fourth-order valence-electron chi connectivity index (χ4n) is 1.87. The molecule has 0 saturated heterocycles.